The first-order chi connectivity index (χ1) is 24.8. The van der Waals surface area contributed by atoms with Crippen LogP contribution in [0, 0.1) is 5.92 Å². The van der Waals surface area contributed by atoms with Crippen LogP contribution in [0.1, 0.15) is 59.1 Å². The fourth-order valence-corrected chi connectivity index (χ4v) is 7.46. The lowest BCUT2D eigenvalue weighted by molar-refractivity contribution is -0.162. The SMILES string of the molecule is COc1cc2cc(c1Cl)N1CC(O)C(C)(O)C(=O)NC(C)C(=O)OC(CC1=O)C1(C)OC1C(C)C1CC(O)(NC(=O)O1)C(OC)/C=C\C=C(\C)C2OC. The van der Waals surface area contributed by atoms with Gasteiger partial charge in [-0.25, -0.2) is 9.59 Å². The number of rotatable bonds is 3. The minimum absolute atomic E-state index is 0.0319. The Bertz CT molecular complexity index is 1690. The summed E-state index contributed by atoms with van der Waals surface area (Å²) in [5.74, 6) is -3.23. The van der Waals surface area contributed by atoms with Gasteiger partial charge in [-0.05, 0) is 51.0 Å². The number of hydrogen-bond donors (Lipinski definition) is 5. The third kappa shape index (κ3) is 7.76. The molecule has 17 heteroatoms. The standard InChI is InChI=1S/C36H48ClN3O13/c1-17-10-9-11-25(49-7)36(47)15-23(51-33(45)39-36)18(2)30-35(5,53-30)26-14-27(42)40(21-12-20(29(17)50-8)13-22(48-6)28(21)37)16-24(41)34(4,46)32(44)38-19(3)31(43)52-26/h9-13,18-19,23-26,29-30,41,46-47H,14-16H2,1-8H3,(H,38,44)(H,39,45)/b11-9-,17-10-. The van der Waals surface area contributed by atoms with Crippen molar-refractivity contribution in [1.29, 1.82) is 0 Å². The molecule has 0 aromatic heterocycles. The highest BCUT2D eigenvalue weighted by atomic mass is 35.5. The Balaban J connectivity index is 1.72. The summed E-state index contributed by atoms with van der Waals surface area (Å²) in [4.78, 5) is 55.3. The number of carbonyl (C=O) groups is 4. The van der Waals surface area contributed by atoms with E-state index < -0.39 is 102 Å². The summed E-state index contributed by atoms with van der Waals surface area (Å²) < 4.78 is 34.8. The molecule has 4 heterocycles. The van der Waals surface area contributed by atoms with Gasteiger partial charge in [-0.3, -0.25) is 14.9 Å². The maximum Gasteiger partial charge on any atom is 0.409 e. The number of ether oxygens (including phenoxy) is 6. The van der Waals surface area contributed by atoms with E-state index in [4.69, 9.17) is 40.0 Å². The molecular weight excluding hydrogens is 718 g/mol. The number of nitrogens with zero attached hydrogens (tertiary/aromatic N) is 1. The van der Waals surface area contributed by atoms with Gasteiger partial charge in [0.1, 0.15) is 52.9 Å². The Morgan fingerprint density at radius 3 is 2.38 bits per heavy atom. The van der Waals surface area contributed by atoms with E-state index in [-0.39, 0.29) is 22.9 Å². The Kier molecular flexibility index (Phi) is 11.6. The molecule has 0 spiro atoms. The van der Waals surface area contributed by atoms with Crippen LogP contribution < -0.4 is 20.3 Å². The maximum atomic E-state index is 14.6. The van der Waals surface area contributed by atoms with Gasteiger partial charge < -0.3 is 54.0 Å². The average molecular weight is 766 g/mol. The summed E-state index contributed by atoms with van der Waals surface area (Å²) in [5.41, 5.74) is -4.56. The van der Waals surface area contributed by atoms with E-state index in [1.54, 1.807) is 51.1 Å². The fraction of sp³-hybridized carbons (Fsp3) is 0.611. The molecular formula is C36H48ClN3O13. The van der Waals surface area contributed by atoms with Crippen molar-refractivity contribution in [3.63, 3.8) is 0 Å². The minimum Gasteiger partial charge on any atom is -0.495 e. The molecule has 4 aliphatic rings. The first-order valence-electron chi connectivity index (χ1n) is 17.2. The summed E-state index contributed by atoms with van der Waals surface area (Å²) in [7, 11) is 4.23. The van der Waals surface area contributed by atoms with Gasteiger partial charge in [0.05, 0.1) is 31.9 Å². The van der Waals surface area contributed by atoms with Crippen LogP contribution in [0.5, 0.6) is 5.75 Å². The normalized spacial score (nSPS) is 39.8. The number of aliphatic hydroxyl groups is 3. The molecule has 1 aromatic rings. The number of allylic oxidation sites excluding steroid dienone is 2. The molecule has 4 aliphatic heterocycles. The number of aliphatic hydroxyl groups excluding tert-OH is 1. The summed E-state index contributed by atoms with van der Waals surface area (Å²) in [6.45, 7) is 6.91. The van der Waals surface area contributed by atoms with Crippen molar-refractivity contribution in [2.75, 3.05) is 32.8 Å². The van der Waals surface area contributed by atoms with Gasteiger partial charge >= 0.3 is 12.1 Å². The number of epoxide rings is 1. The number of carbonyl (C=O) groups excluding carboxylic acids is 4. The lowest BCUT2D eigenvalue weighted by Gasteiger charge is -2.42. The van der Waals surface area contributed by atoms with Crippen molar-refractivity contribution in [3.8, 4) is 5.75 Å². The molecule has 0 radical (unpaired) electrons. The quantitative estimate of drug-likeness (QED) is 0.220. The van der Waals surface area contributed by atoms with Crippen molar-refractivity contribution in [1.82, 2.24) is 10.6 Å². The lowest BCUT2D eigenvalue weighted by Crippen LogP contribution is -2.63. The molecule has 5 N–H and O–H groups in total. The van der Waals surface area contributed by atoms with E-state index in [9.17, 15) is 34.5 Å². The highest BCUT2D eigenvalue weighted by molar-refractivity contribution is 6.35. The third-order valence-corrected chi connectivity index (χ3v) is 11.0. The molecule has 3 fully saturated rings. The number of benzene rings is 1. The number of anilines is 1. The number of esters is 1. The predicted octanol–water partition coefficient (Wildman–Crippen LogP) is 1.81. The molecule has 16 nitrogen and oxygen atoms in total. The Labute approximate surface area is 312 Å². The van der Waals surface area contributed by atoms with Crippen LogP contribution >= 0.6 is 11.6 Å². The first kappa shape index (κ1) is 40.4. The van der Waals surface area contributed by atoms with Gasteiger partial charge in [0.2, 0.25) is 5.91 Å². The van der Waals surface area contributed by atoms with Crippen LogP contribution in [-0.4, -0.2) is 121 Å². The number of methoxy groups -OCH3 is 3. The molecule has 1 aromatic carbocycles. The Morgan fingerprint density at radius 1 is 1.04 bits per heavy atom. The molecule has 292 valence electrons. The minimum atomic E-state index is -2.48. The third-order valence-electron chi connectivity index (χ3n) is 10.6. The second kappa shape index (κ2) is 15.2. The van der Waals surface area contributed by atoms with Gasteiger partial charge in [0.25, 0.3) is 5.91 Å². The van der Waals surface area contributed by atoms with Gasteiger partial charge in [0.15, 0.2) is 11.3 Å². The van der Waals surface area contributed by atoms with Crippen molar-refractivity contribution < 1.29 is 62.9 Å². The maximum absolute atomic E-state index is 14.6. The van der Waals surface area contributed by atoms with Gasteiger partial charge in [-0.15, -0.1) is 0 Å². The molecule has 5 rings (SSSR count). The summed E-state index contributed by atoms with van der Waals surface area (Å²) in [6, 6.07) is 1.86. The molecule has 53 heavy (non-hydrogen) atoms. The van der Waals surface area contributed by atoms with Gasteiger partial charge in [-0.2, -0.15) is 0 Å². The molecule has 11 atom stereocenters. The Hall–Kier alpha value is -3.77. The number of fused-ring (bicyclic) bond motifs is 10. The second-order valence-electron chi connectivity index (χ2n) is 14.4. The summed E-state index contributed by atoms with van der Waals surface area (Å²) >= 11 is 6.86. The van der Waals surface area contributed by atoms with Crippen LogP contribution in [-0.2, 0) is 38.1 Å². The van der Waals surface area contributed by atoms with Gasteiger partial charge in [0, 0.05) is 26.6 Å². The zero-order valence-corrected chi connectivity index (χ0v) is 31.6. The average Bonchev–Trinajstić information content (AvgIpc) is 3.79. The van der Waals surface area contributed by atoms with Crippen molar-refractivity contribution in [2.45, 2.75) is 107 Å². The zero-order chi connectivity index (χ0) is 39.2. The van der Waals surface area contributed by atoms with Crippen LogP contribution in [0.3, 0.4) is 0 Å². The first-order valence-corrected chi connectivity index (χ1v) is 17.6. The second-order valence-corrected chi connectivity index (χ2v) is 14.8. The lowest BCUT2D eigenvalue weighted by atomic mass is 9.83. The number of alkyl carbamates (subject to hydrolysis) is 1. The molecule has 0 aliphatic carbocycles. The van der Waals surface area contributed by atoms with Crippen LogP contribution in [0.25, 0.3) is 0 Å². The van der Waals surface area contributed by atoms with E-state index in [1.165, 1.54) is 28.3 Å². The number of halogens is 1. The highest BCUT2D eigenvalue weighted by Crippen LogP contribution is 2.49. The molecule has 3 saturated heterocycles. The molecule has 6 bridgehead atoms. The van der Waals surface area contributed by atoms with Crippen molar-refractivity contribution >= 4 is 41.2 Å². The van der Waals surface area contributed by atoms with Gasteiger partial charge in [-0.1, -0.05) is 36.8 Å². The topological polar surface area (TPSA) is 215 Å². The molecule has 11 unspecified atom stereocenters. The largest absolute Gasteiger partial charge is 0.495 e. The monoisotopic (exact) mass is 765 g/mol. The van der Waals surface area contributed by atoms with E-state index in [0.29, 0.717) is 11.1 Å². The Morgan fingerprint density at radius 2 is 1.74 bits per heavy atom. The van der Waals surface area contributed by atoms with Crippen molar-refractivity contribution in [3.05, 3.63) is 46.5 Å². The smallest absolute Gasteiger partial charge is 0.409 e. The van der Waals surface area contributed by atoms with Crippen LogP contribution in [0.2, 0.25) is 5.02 Å². The molecule has 3 amide bonds. The molecule has 0 saturated carbocycles. The van der Waals surface area contributed by atoms with E-state index in [1.807, 2.05) is 0 Å². The summed E-state index contributed by atoms with van der Waals surface area (Å²) in [6.07, 6.45) is -3.24. The van der Waals surface area contributed by atoms with E-state index in [0.717, 1.165) is 11.8 Å². The zero-order valence-electron chi connectivity index (χ0n) is 30.9. The fourth-order valence-electron chi connectivity index (χ4n) is 7.17. The number of amides is 3. The number of nitrogens with one attached hydrogen (secondary N) is 2. The highest BCUT2D eigenvalue weighted by Gasteiger charge is 2.64. The summed E-state index contributed by atoms with van der Waals surface area (Å²) in [5, 5.41) is 39.2. The van der Waals surface area contributed by atoms with E-state index >= 15 is 0 Å². The van der Waals surface area contributed by atoms with E-state index in [2.05, 4.69) is 10.6 Å². The van der Waals surface area contributed by atoms with Crippen LogP contribution in [0.4, 0.5) is 10.5 Å². The predicted molar refractivity (Wildman–Crippen MR) is 188 cm³/mol. The van der Waals surface area contributed by atoms with Crippen LogP contribution in [0.15, 0.2) is 35.9 Å². The van der Waals surface area contributed by atoms with Crippen molar-refractivity contribution in [2.24, 2.45) is 5.92 Å². The number of hydrogen-bond acceptors (Lipinski definition) is 13.